The van der Waals surface area contributed by atoms with Crippen molar-refractivity contribution in [3.63, 3.8) is 0 Å². The van der Waals surface area contributed by atoms with Crippen LogP contribution in [0.5, 0.6) is 17.2 Å². The molecule has 1 rings (SSSR count). The first-order chi connectivity index (χ1) is 9.49. The summed E-state index contributed by atoms with van der Waals surface area (Å²) in [6.07, 6.45) is 4.13. The number of aromatic hydroxyl groups is 3. The van der Waals surface area contributed by atoms with Crippen LogP contribution in [0.4, 0.5) is 0 Å². The third-order valence-electron chi connectivity index (χ3n) is 3.30. The number of benzene rings is 1. The fourth-order valence-electron chi connectivity index (χ4n) is 1.90. The van der Waals surface area contributed by atoms with E-state index in [1.54, 1.807) is 0 Å². The standard InChI is InChI=1S/C15H22O5/c1-3-5-6-10(4-2)9-20-15(19)11-7-12(16)14(18)13(17)8-11/h7-8,10,16-18H,3-6,9H2,1-2H3. The van der Waals surface area contributed by atoms with Crippen molar-refractivity contribution in [3.05, 3.63) is 17.7 Å². The van der Waals surface area contributed by atoms with Gasteiger partial charge in [0.05, 0.1) is 12.2 Å². The fourth-order valence-corrected chi connectivity index (χ4v) is 1.90. The molecule has 112 valence electrons. The summed E-state index contributed by atoms with van der Waals surface area (Å²) in [6, 6.07) is 2.15. The first kappa shape index (κ1) is 16.1. The maximum atomic E-state index is 11.8. The zero-order valence-electron chi connectivity index (χ0n) is 11.9. The van der Waals surface area contributed by atoms with Gasteiger partial charge < -0.3 is 20.1 Å². The number of esters is 1. The fraction of sp³-hybridized carbons (Fsp3) is 0.533. The number of unbranched alkanes of at least 4 members (excludes halogenated alkanes) is 1. The van der Waals surface area contributed by atoms with Crippen LogP contribution in [0.2, 0.25) is 0 Å². The summed E-state index contributed by atoms with van der Waals surface area (Å²) in [7, 11) is 0. The number of phenolic OH excluding ortho intramolecular Hbond substituents is 3. The molecule has 0 aliphatic heterocycles. The highest BCUT2D eigenvalue weighted by Gasteiger charge is 2.16. The Morgan fingerprint density at radius 1 is 1.20 bits per heavy atom. The van der Waals surface area contributed by atoms with Crippen LogP contribution in [-0.4, -0.2) is 27.9 Å². The Morgan fingerprint density at radius 3 is 2.30 bits per heavy atom. The van der Waals surface area contributed by atoms with E-state index in [0.717, 1.165) is 37.8 Å². The first-order valence-corrected chi connectivity index (χ1v) is 6.91. The Bertz CT molecular complexity index is 433. The molecule has 20 heavy (non-hydrogen) atoms. The Kier molecular flexibility index (Phi) is 6.15. The molecule has 3 N–H and O–H groups in total. The highest BCUT2D eigenvalue weighted by molar-refractivity contribution is 5.91. The highest BCUT2D eigenvalue weighted by Crippen LogP contribution is 2.35. The van der Waals surface area contributed by atoms with E-state index in [2.05, 4.69) is 6.92 Å². The number of phenols is 3. The summed E-state index contributed by atoms with van der Waals surface area (Å²) < 4.78 is 5.19. The lowest BCUT2D eigenvalue weighted by Crippen LogP contribution is -2.14. The van der Waals surface area contributed by atoms with Crippen LogP contribution in [0.15, 0.2) is 12.1 Å². The van der Waals surface area contributed by atoms with Crippen molar-refractivity contribution < 1.29 is 24.9 Å². The molecule has 0 saturated heterocycles. The predicted octanol–water partition coefficient (Wildman–Crippen LogP) is 3.18. The van der Waals surface area contributed by atoms with Gasteiger partial charge >= 0.3 is 5.97 Å². The van der Waals surface area contributed by atoms with Gasteiger partial charge in [0.25, 0.3) is 0 Å². The average Bonchev–Trinajstić information content (AvgIpc) is 2.44. The number of hydrogen-bond donors (Lipinski definition) is 3. The number of hydrogen-bond acceptors (Lipinski definition) is 5. The van der Waals surface area contributed by atoms with Crippen LogP contribution in [0.1, 0.15) is 49.9 Å². The smallest absolute Gasteiger partial charge is 0.338 e. The molecular formula is C15H22O5. The van der Waals surface area contributed by atoms with Gasteiger partial charge in [0.2, 0.25) is 0 Å². The van der Waals surface area contributed by atoms with Crippen molar-refractivity contribution in [3.8, 4) is 17.2 Å². The monoisotopic (exact) mass is 282 g/mol. The zero-order chi connectivity index (χ0) is 15.1. The molecule has 1 atom stereocenters. The Hall–Kier alpha value is -1.91. The first-order valence-electron chi connectivity index (χ1n) is 6.91. The van der Waals surface area contributed by atoms with E-state index in [0.29, 0.717) is 12.5 Å². The largest absolute Gasteiger partial charge is 0.504 e. The van der Waals surface area contributed by atoms with Crippen LogP contribution in [-0.2, 0) is 4.74 Å². The minimum absolute atomic E-state index is 0.0168. The molecule has 0 heterocycles. The highest BCUT2D eigenvalue weighted by atomic mass is 16.5. The summed E-state index contributed by atoms with van der Waals surface area (Å²) in [6.45, 7) is 4.48. The Labute approximate surface area is 118 Å². The lowest BCUT2D eigenvalue weighted by molar-refractivity contribution is 0.0427. The molecule has 0 amide bonds. The summed E-state index contributed by atoms with van der Waals surface area (Å²) in [5.41, 5.74) is 0.0168. The molecule has 1 aromatic rings. The van der Waals surface area contributed by atoms with Crippen molar-refractivity contribution in [1.29, 1.82) is 0 Å². The van der Waals surface area contributed by atoms with Gasteiger partial charge in [-0.1, -0.05) is 33.1 Å². The molecule has 0 aliphatic rings. The van der Waals surface area contributed by atoms with Gasteiger partial charge in [-0.3, -0.25) is 0 Å². The van der Waals surface area contributed by atoms with Gasteiger partial charge in [-0.05, 0) is 24.5 Å². The second-order valence-corrected chi connectivity index (χ2v) is 4.88. The van der Waals surface area contributed by atoms with Crippen molar-refractivity contribution in [2.75, 3.05) is 6.61 Å². The van der Waals surface area contributed by atoms with Gasteiger partial charge in [-0.15, -0.1) is 0 Å². The van der Waals surface area contributed by atoms with Gasteiger partial charge in [0.1, 0.15) is 0 Å². The van der Waals surface area contributed by atoms with Gasteiger partial charge in [-0.25, -0.2) is 4.79 Å². The van der Waals surface area contributed by atoms with Crippen molar-refractivity contribution in [2.24, 2.45) is 5.92 Å². The van der Waals surface area contributed by atoms with E-state index in [4.69, 9.17) is 4.74 Å². The zero-order valence-corrected chi connectivity index (χ0v) is 11.9. The van der Waals surface area contributed by atoms with Crippen LogP contribution in [0, 0.1) is 5.92 Å². The second-order valence-electron chi connectivity index (χ2n) is 4.88. The topological polar surface area (TPSA) is 87.0 Å². The van der Waals surface area contributed by atoms with Crippen LogP contribution < -0.4 is 0 Å². The third-order valence-corrected chi connectivity index (χ3v) is 3.30. The number of rotatable bonds is 7. The molecule has 0 bridgehead atoms. The third kappa shape index (κ3) is 4.33. The molecule has 1 aromatic carbocycles. The average molecular weight is 282 g/mol. The lowest BCUT2D eigenvalue weighted by Gasteiger charge is -2.14. The van der Waals surface area contributed by atoms with Crippen LogP contribution >= 0.6 is 0 Å². The predicted molar refractivity (Wildman–Crippen MR) is 75.0 cm³/mol. The van der Waals surface area contributed by atoms with Crippen LogP contribution in [0.25, 0.3) is 0 Å². The molecule has 0 saturated carbocycles. The second kappa shape index (κ2) is 7.62. The molecule has 0 aromatic heterocycles. The van der Waals surface area contributed by atoms with E-state index < -0.39 is 23.2 Å². The maximum Gasteiger partial charge on any atom is 0.338 e. The molecule has 5 heteroatoms. The van der Waals surface area contributed by atoms with Gasteiger partial charge in [0.15, 0.2) is 17.2 Å². The van der Waals surface area contributed by atoms with E-state index in [9.17, 15) is 20.1 Å². The Balaban J connectivity index is 2.62. The molecule has 0 aliphatic carbocycles. The minimum atomic E-state index is -0.643. The SMILES string of the molecule is CCCCC(CC)COC(=O)c1cc(O)c(O)c(O)c1. The Morgan fingerprint density at radius 2 is 1.80 bits per heavy atom. The lowest BCUT2D eigenvalue weighted by atomic mass is 10.0. The normalized spacial score (nSPS) is 12.1. The van der Waals surface area contributed by atoms with Crippen molar-refractivity contribution >= 4 is 5.97 Å². The number of carbonyl (C=O) groups excluding carboxylic acids is 1. The summed E-state index contributed by atoms with van der Waals surface area (Å²) >= 11 is 0. The number of carbonyl (C=O) groups is 1. The molecule has 5 nitrogen and oxygen atoms in total. The van der Waals surface area contributed by atoms with E-state index >= 15 is 0 Å². The van der Waals surface area contributed by atoms with Gasteiger partial charge in [0, 0.05) is 0 Å². The summed E-state index contributed by atoms with van der Waals surface area (Å²) in [5.74, 6) is -2.04. The van der Waals surface area contributed by atoms with E-state index in [1.807, 2.05) is 6.92 Å². The molecular weight excluding hydrogens is 260 g/mol. The van der Waals surface area contributed by atoms with Gasteiger partial charge in [-0.2, -0.15) is 0 Å². The quantitative estimate of drug-likeness (QED) is 0.528. The molecule has 0 fully saturated rings. The van der Waals surface area contributed by atoms with Crippen molar-refractivity contribution in [1.82, 2.24) is 0 Å². The van der Waals surface area contributed by atoms with E-state index in [1.165, 1.54) is 0 Å². The molecule has 0 radical (unpaired) electrons. The summed E-state index contributed by atoms with van der Waals surface area (Å²) in [5, 5.41) is 27.9. The summed E-state index contributed by atoms with van der Waals surface area (Å²) in [4.78, 5) is 11.8. The van der Waals surface area contributed by atoms with E-state index in [-0.39, 0.29) is 5.56 Å². The maximum absolute atomic E-state index is 11.8. The molecule has 0 spiro atoms. The van der Waals surface area contributed by atoms with Crippen LogP contribution in [0.3, 0.4) is 0 Å². The minimum Gasteiger partial charge on any atom is -0.504 e. The number of ether oxygens (including phenoxy) is 1. The molecule has 1 unspecified atom stereocenters. The van der Waals surface area contributed by atoms with Crippen molar-refractivity contribution in [2.45, 2.75) is 39.5 Å².